The Balaban J connectivity index is 2.93. The van der Waals surface area contributed by atoms with Gasteiger partial charge in [0.1, 0.15) is 17.4 Å². The highest BCUT2D eigenvalue weighted by Crippen LogP contribution is 2.35. The van der Waals surface area contributed by atoms with E-state index in [1.165, 1.54) is 4.90 Å². The van der Waals surface area contributed by atoms with E-state index in [9.17, 15) is 19.5 Å². The highest BCUT2D eigenvalue weighted by molar-refractivity contribution is 5.85. The van der Waals surface area contributed by atoms with Crippen molar-refractivity contribution < 1.29 is 24.2 Å². The second kappa shape index (κ2) is 5.59. The summed E-state index contributed by atoms with van der Waals surface area (Å²) in [5.74, 6) is -1.07. The number of amides is 1. The molecule has 6 heteroatoms. The highest BCUT2D eigenvalue weighted by Gasteiger charge is 2.50. The monoisotopic (exact) mass is 271 g/mol. The second-order valence-electron chi connectivity index (χ2n) is 5.78. The van der Waals surface area contributed by atoms with Crippen molar-refractivity contribution in [3.63, 3.8) is 0 Å². The van der Waals surface area contributed by atoms with Crippen LogP contribution in [0.5, 0.6) is 0 Å². The Hall–Kier alpha value is -1.59. The zero-order chi connectivity index (χ0) is 14.7. The Labute approximate surface area is 112 Å². The Bertz CT molecular complexity index is 374. The van der Waals surface area contributed by atoms with Gasteiger partial charge in [-0.3, -0.25) is 4.90 Å². The molecule has 1 rings (SSSR count). The van der Waals surface area contributed by atoms with Crippen LogP contribution in [0.2, 0.25) is 0 Å². The Morgan fingerprint density at radius 3 is 2.53 bits per heavy atom. The average molecular weight is 271 g/mol. The van der Waals surface area contributed by atoms with E-state index in [4.69, 9.17) is 4.74 Å². The minimum absolute atomic E-state index is 0.117. The number of hydrogen-bond donors (Lipinski definition) is 1. The quantitative estimate of drug-likeness (QED) is 0.788. The standard InChI is InChI=1S/C13H21NO5/c1-12(2,3)19-11(18)14-8-4-6-13(14,10(16)17)7-5-9-15/h9H,4-8H2,1-3H3,(H,16,17)/t13-/m1/s1. The van der Waals surface area contributed by atoms with Crippen LogP contribution in [0.15, 0.2) is 0 Å². The van der Waals surface area contributed by atoms with Crippen LogP contribution >= 0.6 is 0 Å². The second-order valence-corrected chi connectivity index (χ2v) is 5.78. The van der Waals surface area contributed by atoms with E-state index < -0.39 is 23.2 Å². The van der Waals surface area contributed by atoms with E-state index in [1.807, 2.05) is 0 Å². The fraction of sp³-hybridized carbons (Fsp3) is 0.769. The van der Waals surface area contributed by atoms with Gasteiger partial charge in [-0.05, 0) is 40.0 Å². The Morgan fingerprint density at radius 2 is 2.05 bits per heavy atom. The third-order valence-corrected chi connectivity index (χ3v) is 3.18. The first-order chi connectivity index (χ1) is 8.73. The molecule has 0 aromatic carbocycles. The number of hydrogen-bond acceptors (Lipinski definition) is 4. The summed E-state index contributed by atoms with van der Waals surface area (Å²) in [6, 6.07) is 0. The molecule has 1 heterocycles. The SMILES string of the molecule is CC(C)(C)OC(=O)N1CCC[C@@]1(CCC=O)C(=O)O. The van der Waals surface area contributed by atoms with Crippen molar-refractivity contribution in [3.05, 3.63) is 0 Å². The van der Waals surface area contributed by atoms with Crippen LogP contribution in [0.25, 0.3) is 0 Å². The molecule has 0 spiro atoms. The van der Waals surface area contributed by atoms with E-state index in [-0.39, 0.29) is 12.8 Å². The van der Waals surface area contributed by atoms with Crippen LogP contribution in [0.1, 0.15) is 46.5 Å². The summed E-state index contributed by atoms with van der Waals surface area (Å²) in [6.45, 7) is 5.54. The molecule has 1 aliphatic rings. The Kier molecular flexibility index (Phi) is 4.55. The third kappa shape index (κ3) is 3.45. The summed E-state index contributed by atoms with van der Waals surface area (Å²) in [6.07, 6.45) is 1.26. The van der Waals surface area contributed by atoms with Crippen molar-refractivity contribution in [2.75, 3.05) is 6.54 Å². The average Bonchev–Trinajstić information content (AvgIpc) is 2.69. The molecule has 108 valence electrons. The van der Waals surface area contributed by atoms with Gasteiger partial charge in [-0.2, -0.15) is 0 Å². The van der Waals surface area contributed by atoms with E-state index in [2.05, 4.69) is 0 Å². The van der Waals surface area contributed by atoms with Crippen LogP contribution in [-0.4, -0.2) is 46.0 Å². The zero-order valence-electron chi connectivity index (χ0n) is 11.6. The summed E-state index contributed by atoms with van der Waals surface area (Å²) in [4.78, 5) is 35.4. The number of aldehydes is 1. The summed E-state index contributed by atoms with van der Waals surface area (Å²) in [5.41, 5.74) is -1.97. The number of likely N-dealkylation sites (tertiary alicyclic amines) is 1. The third-order valence-electron chi connectivity index (χ3n) is 3.18. The van der Waals surface area contributed by atoms with Crippen LogP contribution in [0.4, 0.5) is 4.79 Å². The molecule has 0 radical (unpaired) electrons. The normalized spacial score (nSPS) is 23.2. The fourth-order valence-electron chi connectivity index (χ4n) is 2.35. The Morgan fingerprint density at radius 1 is 1.42 bits per heavy atom. The van der Waals surface area contributed by atoms with Crippen LogP contribution < -0.4 is 0 Å². The van der Waals surface area contributed by atoms with Gasteiger partial charge < -0.3 is 14.6 Å². The molecule has 0 aromatic rings. The molecule has 0 aliphatic carbocycles. The smallest absolute Gasteiger partial charge is 0.411 e. The van der Waals surface area contributed by atoms with Crippen LogP contribution in [-0.2, 0) is 14.3 Å². The van der Waals surface area contributed by atoms with Gasteiger partial charge in [0, 0.05) is 13.0 Å². The molecule has 19 heavy (non-hydrogen) atoms. The molecule has 1 amide bonds. The van der Waals surface area contributed by atoms with Crippen LogP contribution in [0.3, 0.4) is 0 Å². The van der Waals surface area contributed by atoms with Gasteiger partial charge in [-0.15, -0.1) is 0 Å². The molecule has 0 aromatic heterocycles. The maximum Gasteiger partial charge on any atom is 0.411 e. The van der Waals surface area contributed by atoms with Gasteiger partial charge in [0.2, 0.25) is 0 Å². The topological polar surface area (TPSA) is 83.9 Å². The first-order valence-electron chi connectivity index (χ1n) is 6.40. The number of carbonyl (C=O) groups is 3. The molecule has 0 bridgehead atoms. The number of rotatable bonds is 4. The summed E-state index contributed by atoms with van der Waals surface area (Å²) in [5, 5.41) is 9.44. The highest BCUT2D eigenvalue weighted by atomic mass is 16.6. The number of aliphatic carboxylic acids is 1. The van der Waals surface area contributed by atoms with Gasteiger partial charge in [-0.25, -0.2) is 9.59 Å². The van der Waals surface area contributed by atoms with Gasteiger partial charge in [-0.1, -0.05) is 0 Å². The molecule has 6 nitrogen and oxygen atoms in total. The largest absolute Gasteiger partial charge is 0.479 e. The van der Waals surface area contributed by atoms with Crippen molar-refractivity contribution in [3.8, 4) is 0 Å². The lowest BCUT2D eigenvalue weighted by molar-refractivity contribution is -0.150. The number of carboxylic acid groups (broad SMARTS) is 1. The van der Waals surface area contributed by atoms with E-state index in [0.717, 1.165) is 0 Å². The molecule has 1 atom stereocenters. The minimum Gasteiger partial charge on any atom is -0.479 e. The van der Waals surface area contributed by atoms with Crippen molar-refractivity contribution in [1.29, 1.82) is 0 Å². The zero-order valence-corrected chi connectivity index (χ0v) is 11.6. The number of nitrogens with zero attached hydrogens (tertiary/aromatic N) is 1. The van der Waals surface area contributed by atoms with E-state index in [0.29, 0.717) is 25.7 Å². The van der Waals surface area contributed by atoms with Crippen molar-refractivity contribution in [1.82, 2.24) is 4.90 Å². The van der Waals surface area contributed by atoms with Crippen molar-refractivity contribution >= 4 is 18.3 Å². The number of carboxylic acids is 1. The predicted molar refractivity (Wildman–Crippen MR) is 67.8 cm³/mol. The molecule has 1 saturated heterocycles. The molecular weight excluding hydrogens is 250 g/mol. The molecule has 1 aliphatic heterocycles. The number of ether oxygens (including phenoxy) is 1. The fourth-order valence-corrected chi connectivity index (χ4v) is 2.35. The molecule has 1 N–H and O–H groups in total. The van der Waals surface area contributed by atoms with Crippen molar-refractivity contribution in [2.24, 2.45) is 0 Å². The summed E-state index contributed by atoms with van der Waals surface area (Å²) in [7, 11) is 0. The lowest BCUT2D eigenvalue weighted by Gasteiger charge is -2.35. The molecule has 1 fully saturated rings. The minimum atomic E-state index is -1.30. The predicted octanol–water partition coefficient (Wildman–Crippen LogP) is 1.82. The van der Waals surface area contributed by atoms with E-state index >= 15 is 0 Å². The first kappa shape index (κ1) is 15.5. The summed E-state index contributed by atoms with van der Waals surface area (Å²) >= 11 is 0. The van der Waals surface area contributed by atoms with E-state index in [1.54, 1.807) is 20.8 Å². The van der Waals surface area contributed by atoms with Crippen molar-refractivity contribution in [2.45, 2.75) is 57.6 Å². The van der Waals surface area contributed by atoms with Gasteiger partial charge >= 0.3 is 12.1 Å². The lowest BCUT2D eigenvalue weighted by atomic mass is 9.91. The summed E-state index contributed by atoms with van der Waals surface area (Å²) < 4.78 is 5.24. The lowest BCUT2D eigenvalue weighted by Crippen LogP contribution is -2.54. The van der Waals surface area contributed by atoms with Gasteiger partial charge in [0.25, 0.3) is 0 Å². The maximum absolute atomic E-state index is 12.1. The molecular formula is C13H21NO5. The first-order valence-corrected chi connectivity index (χ1v) is 6.40. The molecule has 0 unspecified atom stereocenters. The maximum atomic E-state index is 12.1. The van der Waals surface area contributed by atoms with Crippen LogP contribution in [0, 0.1) is 0 Å². The number of carbonyl (C=O) groups excluding carboxylic acids is 2. The van der Waals surface area contributed by atoms with Gasteiger partial charge in [0.05, 0.1) is 0 Å². The van der Waals surface area contributed by atoms with Gasteiger partial charge in [0.15, 0.2) is 0 Å². The molecule has 0 saturated carbocycles.